The normalized spacial score (nSPS) is 11.9. The molecule has 0 heterocycles. The van der Waals surface area contributed by atoms with Crippen LogP contribution >= 0.6 is 0 Å². The first-order chi connectivity index (χ1) is 13.3. The quantitative estimate of drug-likeness (QED) is 0.208. The highest BCUT2D eigenvalue weighted by molar-refractivity contribution is 4.58. The van der Waals surface area contributed by atoms with Gasteiger partial charge in [-0.2, -0.15) is 0 Å². The summed E-state index contributed by atoms with van der Waals surface area (Å²) in [6, 6.07) is 0. The summed E-state index contributed by atoms with van der Waals surface area (Å²) in [4.78, 5) is 0. The van der Waals surface area contributed by atoms with E-state index in [0.29, 0.717) is 19.1 Å². The predicted octanol–water partition coefficient (Wildman–Crippen LogP) is 8.05. The zero-order chi connectivity index (χ0) is 20.4. The Labute approximate surface area is 172 Å². The maximum absolute atomic E-state index is 9.11. The summed E-state index contributed by atoms with van der Waals surface area (Å²) in [6.45, 7) is 7.48. The predicted molar refractivity (Wildman–Crippen MR) is 122 cm³/mol. The molecule has 1 unspecified atom stereocenters. The second-order valence-electron chi connectivity index (χ2n) is 8.30. The average molecular weight is 387 g/mol. The molecule has 0 aliphatic heterocycles. The zero-order valence-corrected chi connectivity index (χ0v) is 19.3. The molecule has 0 aromatic heterocycles. The van der Waals surface area contributed by atoms with Crippen molar-refractivity contribution < 1.29 is 10.2 Å². The molecule has 0 saturated carbocycles. The van der Waals surface area contributed by atoms with Gasteiger partial charge in [0.1, 0.15) is 0 Å². The van der Waals surface area contributed by atoms with E-state index in [0.717, 1.165) is 6.42 Å². The highest BCUT2D eigenvalue weighted by Gasteiger charge is 2.05. The smallest absolute Gasteiger partial charge is 0.0459 e. The lowest BCUT2D eigenvalue weighted by Crippen LogP contribution is -2.05. The highest BCUT2D eigenvalue weighted by Crippen LogP contribution is 2.16. The molecule has 1 atom stereocenters. The van der Waals surface area contributed by atoms with Gasteiger partial charge in [-0.3, -0.25) is 0 Å². The molecule has 0 aromatic rings. The van der Waals surface area contributed by atoms with Gasteiger partial charge in [-0.15, -0.1) is 0 Å². The summed E-state index contributed by atoms with van der Waals surface area (Å²) in [6.07, 6.45) is 25.1. The van der Waals surface area contributed by atoms with Crippen molar-refractivity contribution in [3.63, 3.8) is 0 Å². The molecular formula is C25H54O2. The topological polar surface area (TPSA) is 40.5 Å². The summed E-state index contributed by atoms with van der Waals surface area (Å²) in [7, 11) is 0. The van der Waals surface area contributed by atoms with E-state index in [1.54, 1.807) is 0 Å². The van der Waals surface area contributed by atoms with Crippen molar-refractivity contribution in [1.82, 2.24) is 0 Å². The largest absolute Gasteiger partial charge is 0.396 e. The van der Waals surface area contributed by atoms with Crippen molar-refractivity contribution >= 4 is 0 Å². The second kappa shape index (κ2) is 28.1. The summed E-state index contributed by atoms with van der Waals surface area (Å²) in [5, 5.41) is 17.7. The van der Waals surface area contributed by atoms with Gasteiger partial charge in [-0.25, -0.2) is 0 Å². The summed E-state index contributed by atoms with van der Waals surface area (Å²) >= 11 is 0. The lowest BCUT2D eigenvalue weighted by atomic mass is 9.96. The van der Waals surface area contributed by atoms with Crippen molar-refractivity contribution in [1.29, 1.82) is 0 Å². The number of hydrogen-bond donors (Lipinski definition) is 2. The van der Waals surface area contributed by atoms with Crippen LogP contribution in [0.5, 0.6) is 0 Å². The minimum absolute atomic E-state index is 0.372. The average Bonchev–Trinajstić information content (AvgIpc) is 2.69. The third kappa shape index (κ3) is 28.2. The molecule has 27 heavy (non-hydrogen) atoms. The minimum atomic E-state index is 0.372. The van der Waals surface area contributed by atoms with E-state index in [2.05, 4.69) is 20.8 Å². The van der Waals surface area contributed by atoms with E-state index in [9.17, 15) is 0 Å². The standard InChI is InChI=1S/C13H28O.C12H26O/c1-2-3-4-5-6-7-8-9-10-11-12-13-14;1-3-5-7-8-10-12(11-13)9-6-4-2/h14H,2-13H2,1H3;12-13H,3-11H2,1-2H3. The van der Waals surface area contributed by atoms with E-state index in [1.807, 2.05) is 0 Å². The van der Waals surface area contributed by atoms with Crippen LogP contribution in [0.15, 0.2) is 0 Å². The molecule has 0 radical (unpaired) electrons. The van der Waals surface area contributed by atoms with Gasteiger partial charge in [0.05, 0.1) is 0 Å². The Morgan fingerprint density at radius 1 is 0.444 bits per heavy atom. The fourth-order valence-corrected chi connectivity index (χ4v) is 3.46. The van der Waals surface area contributed by atoms with Crippen molar-refractivity contribution in [2.24, 2.45) is 5.92 Å². The third-order valence-corrected chi connectivity index (χ3v) is 5.45. The maximum atomic E-state index is 9.11. The van der Waals surface area contributed by atoms with Gasteiger partial charge < -0.3 is 10.2 Å². The molecule has 0 aliphatic rings. The summed E-state index contributed by atoms with van der Waals surface area (Å²) in [5.74, 6) is 0.580. The fraction of sp³-hybridized carbons (Fsp3) is 1.00. The molecule has 0 amide bonds. The lowest BCUT2D eigenvalue weighted by Gasteiger charge is -2.12. The molecule has 2 N–H and O–H groups in total. The van der Waals surface area contributed by atoms with Gasteiger partial charge in [0, 0.05) is 13.2 Å². The van der Waals surface area contributed by atoms with Crippen LogP contribution in [0.2, 0.25) is 0 Å². The highest BCUT2D eigenvalue weighted by atomic mass is 16.3. The monoisotopic (exact) mass is 386 g/mol. The molecule has 0 fully saturated rings. The van der Waals surface area contributed by atoms with Gasteiger partial charge in [0.25, 0.3) is 0 Å². The van der Waals surface area contributed by atoms with E-state index in [1.165, 1.54) is 116 Å². The Bertz CT molecular complexity index is 218. The van der Waals surface area contributed by atoms with Gasteiger partial charge in [0.2, 0.25) is 0 Å². The first kappa shape index (κ1) is 29.1. The van der Waals surface area contributed by atoms with E-state index < -0.39 is 0 Å². The van der Waals surface area contributed by atoms with Gasteiger partial charge in [-0.1, -0.05) is 124 Å². The van der Waals surface area contributed by atoms with Gasteiger partial charge in [0.15, 0.2) is 0 Å². The van der Waals surface area contributed by atoms with Crippen LogP contribution in [-0.2, 0) is 0 Å². The Morgan fingerprint density at radius 3 is 1.22 bits per heavy atom. The van der Waals surface area contributed by atoms with Crippen LogP contribution < -0.4 is 0 Å². The van der Waals surface area contributed by atoms with Crippen molar-refractivity contribution in [2.75, 3.05) is 13.2 Å². The maximum Gasteiger partial charge on any atom is 0.0459 e. The van der Waals surface area contributed by atoms with Crippen LogP contribution in [0.4, 0.5) is 0 Å². The van der Waals surface area contributed by atoms with E-state index >= 15 is 0 Å². The number of unbranched alkanes of at least 4 members (excludes halogenated alkanes) is 14. The SMILES string of the molecule is CCCCCCC(CO)CCCC.CCCCCCCCCCCCCO. The van der Waals surface area contributed by atoms with Crippen LogP contribution in [0, 0.1) is 5.92 Å². The van der Waals surface area contributed by atoms with Crippen molar-refractivity contribution in [2.45, 2.75) is 143 Å². The van der Waals surface area contributed by atoms with Crippen LogP contribution in [0.3, 0.4) is 0 Å². The molecular weight excluding hydrogens is 332 g/mol. The van der Waals surface area contributed by atoms with Crippen LogP contribution in [0.25, 0.3) is 0 Å². The Kier molecular flexibility index (Phi) is 30.3. The molecule has 0 aromatic carbocycles. The number of hydrogen-bond acceptors (Lipinski definition) is 2. The van der Waals surface area contributed by atoms with E-state index in [4.69, 9.17) is 10.2 Å². The van der Waals surface area contributed by atoms with Crippen LogP contribution in [0.1, 0.15) is 143 Å². The van der Waals surface area contributed by atoms with Crippen molar-refractivity contribution in [3.8, 4) is 0 Å². The third-order valence-electron chi connectivity index (χ3n) is 5.45. The first-order valence-corrected chi connectivity index (χ1v) is 12.5. The second-order valence-corrected chi connectivity index (χ2v) is 8.30. The number of aliphatic hydroxyl groups is 2. The molecule has 2 heteroatoms. The molecule has 0 aliphatic carbocycles. The molecule has 0 spiro atoms. The number of rotatable bonds is 20. The zero-order valence-electron chi connectivity index (χ0n) is 19.3. The molecule has 0 saturated heterocycles. The molecule has 0 rings (SSSR count). The molecule has 2 nitrogen and oxygen atoms in total. The fourth-order valence-electron chi connectivity index (χ4n) is 3.46. The number of aliphatic hydroxyl groups excluding tert-OH is 2. The summed E-state index contributed by atoms with van der Waals surface area (Å²) < 4.78 is 0. The van der Waals surface area contributed by atoms with Crippen LogP contribution in [-0.4, -0.2) is 23.4 Å². The van der Waals surface area contributed by atoms with Gasteiger partial charge >= 0.3 is 0 Å². The Balaban J connectivity index is 0. The molecule has 166 valence electrons. The van der Waals surface area contributed by atoms with Gasteiger partial charge in [-0.05, 0) is 25.2 Å². The first-order valence-electron chi connectivity index (χ1n) is 12.5. The molecule has 0 bridgehead atoms. The Morgan fingerprint density at radius 2 is 0.815 bits per heavy atom. The van der Waals surface area contributed by atoms with Crippen molar-refractivity contribution in [3.05, 3.63) is 0 Å². The minimum Gasteiger partial charge on any atom is -0.396 e. The Hall–Kier alpha value is -0.0800. The lowest BCUT2D eigenvalue weighted by molar-refractivity contribution is 0.205. The summed E-state index contributed by atoms with van der Waals surface area (Å²) in [5.41, 5.74) is 0. The van der Waals surface area contributed by atoms with E-state index in [-0.39, 0.29) is 0 Å².